The summed E-state index contributed by atoms with van der Waals surface area (Å²) in [5.41, 5.74) is 3.52. The van der Waals surface area contributed by atoms with Crippen LogP contribution in [-0.2, 0) is 43.7 Å². The first kappa shape index (κ1) is 38.9. The number of carbonyl (C=O) groups is 1. The Morgan fingerprint density at radius 3 is 2.36 bits per heavy atom. The monoisotopic (exact) mass is 776 g/mol. The SMILES string of the molecule is [N-]=[N+]=NN(C=CCc1cn([C@H]2C[C@H](O)[C@@H](COP(=O)(O)OP(=O)(O)OP(=O)(O)O)O2)c(=O)[nH]c1=O)C(=O)c1ccc(C2(C(F)(F)F)N=N2)cc1. The summed E-state index contributed by atoms with van der Waals surface area (Å²) in [6.07, 6.45) is -6.80. The van der Waals surface area contributed by atoms with Gasteiger partial charge in [0.25, 0.3) is 5.56 Å². The highest BCUT2D eigenvalue weighted by atomic mass is 31.3. The number of amides is 1. The van der Waals surface area contributed by atoms with Gasteiger partial charge in [-0.15, -0.1) is 15.8 Å². The fourth-order valence-corrected chi connectivity index (χ4v) is 7.30. The summed E-state index contributed by atoms with van der Waals surface area (Å²) in [5.74, 6) is -0.981. The van der Waals surface area contributed by atoms with Crippen LogP contribution in [0.2, 0.25) is 0 Å². The first-order chi connectivity index (χ1) is 23.1. The molecule has 1 saturated heterocycles. The molecule has 1 fully saturated rings. The van der Waals surface area contributed by atoms with Gasteiger partial charge < -0.3 is 29.4 Å². The van der Waals surface area contributed by atoms with Crippen LogP contribution in [0.15, 0.2) is 67.8 Å². The number of aromatic nitrogens is 2. The van der Waals surface area contributed by atoms with Gasteiger partial charge in [-0.3, -0.25) is 18.9 Å². The van der Waals surface area contributed by atoms with Crippen molar-refractivity contribution >= 4 is 29.4 Å². The van der Waals surface area contributed by atoms with Crippen molar-refractivity contribution in [2.45, 2.75) is 43.1 Å². The number of aliphatic hydroxyl groups is 1. The number of carbonyl (C=O) groups excluding carboxylic acids is 1. The van der Waals surface area contributed by atoms with Crippen LogP contribution < -0.4 is 11.2 Å². The normalized spacial score (nSPS) is 22.4. The molecule has 2 aliphatic rings. The van der Waals surface area contributed by atoms with E-state index in [9.17, 15) is 56.1 Å². The maximum absolute atomic E-state index is 13.2. The fraction of sp³-hybridized carbons (Fsp3) is 0.381. The van der Waals surface area contributed by atoms with E-state index in [1.807, 2.05) is 4.98 Å². The lowest BCUT2D eigenvalue weighted by Gasteiger charge is -2.19. The number of benzene rings is 1. The zero-order valence-electron chi connectivity index (χ0n) is 24.3. The first-order valence-corrected chi connectivity index (χ1v) is 17.7. The van der Waals surface area contributed by atoms with Crippen LogP contribution in [0, 0.1) is 0 Å². The highest BCUT2D eigenvalue weighted by Gasteiger charge is 2.65. The zero-order valence-corrected chi connectivity index (χ0v) is 27.0. The van der Waals surface area contributed by atoms with Gasteiger partial charge in [0.2, 0.25) is 0 Å². The Labute approximate surface area is 274 Å². The number of aliphatic hydroxyl groups excluding tert-OH is 1. The number of phosphoric ester groups is 1. The minimum absolute atomic E-state index is 0.150. The third kappa shape index (κ3) is 9.47. The number of azide groups is 1. The lowest BCUT2D eigenvalue weighted by atomic mass is 10.0. The Bertz CT molecular complexity index is 2000. The van der Waals surface area contributed by atoms with Gasteiger partial charge in [-0.2, -0.15) is 31.7 Å². The van der Waals surface area contributed by atoms with E-state index in [0.717, 1.165) is 47.3 Å². The molecule has 4 rings (SSSR count). The number of aromatic amines is 1. The fourth-order valence-electron chi connectivity index (χ4n) is 4.27. The van der Waals surface area contributed by atoms with Gasteiger partial charge in [0.05, 0.1) is 24.5 Å². The van der Waals surface area contributed by atoms with Gasteiger partial charge in [0.15, 0.2) is 0 Å². The van der Waals surface area contributed by atoms with E-state index in [0.29, 0.717) is 5.01 Å². The van der Waals surface area contributed by atoms with E-state index in [1.54, 1.807) is 0 Å². The molecule has 1 aromatic heterocycles. The average Bonchev–Trinajstić information content (AvgIpc) is 3.72. The second kappa shape index (κ2) is 14.4. The largest absolute Gasteiger partial charge is 0.490 e. The van der Waals surface area contributed by atoms with Crippen LogP contribution in [0.1, 0.15) is 34.1 Å². The Morgan fingerprint density at radius 1 is 1.16 bits per heavy atom. The van der Waals surface area contributed by atoms with E-state index in [2.05, 4.69) is 33.5 Å². The Kier molecular flexibility index (Phi) is 11.2. The number of hydrogen-bond donors (Lipinski definition) is 6. The summed E-state index contributed by atoms with van der Waals surface area (Å²) in [5, 5.41) is 20.1. The lowest BCUT2D eigenvalue weighted by molar-refractivity contribution is -0.166. The Balaban J connectivity index is 1.42. The van der Waals surface area contributed by atoms with Crippen LogP contribution >= 0.6 is 23.5 Å². The molecule has 0 bridgehead atoms. The standard InChI is InChI=1S/C21H22F3N8O15P3/c22-21(23,24)20(27-28-20)13-5-3-11(4-6-13)18(35)32(30-29-25)7-1-2-12-9-31(19(36)26-17(12)34)16-8-14(33)15(45-16)10-44-49(40,41)47-50(42,43)46-48(37,38)39/h1,3-7,9,14-16,33H,2,8,10H2,(H,40,41)(H,42,43)(H,26,34,36)(H2,37,38,39)/t14-,15+,16+/m0/s1. The molecule has 50 heavy (non-hydrogen) atoms. The number of phosphoric acid groups is 3. The molecule has 6 N–H and O–H groups in total. The third-order valence-corrected chi connectivity index (χ3v) is 10.3. The highest BCUT2D eigenvalue weighted by Crippen LogP contribution is 2.66. The molecule has 29 heteroatoms. The van der Waals surface area contributed by atoms with Crippen molar-refractivity contribution in [2.75, 3.05) is 6.61 Å². The molecular weight excluding hydrogens is 754 g/mol. The van der Waals surface area contributed by atoms with Crippen molar-refractivity contribution in [2.24, 2.45) is 15.5 Å². The Morgan fingerprint density at radius 2 is 1.80 bits per heavy atom. The van der Waals surface area contributed by atoms with Crippen LogP contribution in [0.5, 0.6) is 0 Å². The topological polar surface area (TPSA) is 338 Å². The molecule has 2 aliphatic heterocycles. The predicted molar refractivity (Wildman–Crippen MR) is 153 cm³/mol. The number of allylic oxidation sites excluding steroid dienone is 1. The molecule has 5 atom stereocenters. The second-order valence-corrected chi connectivity index (χ2v) is 14.4. The second-order valence-electron chi connectivity index (χ2n) is 10.0. The number of alkyl halides is 3. The number of nitrogens with one attached hydrogen (secondary N) is 1. The van der Waals surface area contributed by atoms with Crippen molar-refractivity contribution in [1.82, 2.24) is 14.6 Å². The van der Waals surface area contributed by atoms with Gasteiger partial charge in [0.1, 0.15) is 12.3 Å². The van der Waals surface area contributed by atoms with E-state index < -0.39 is 77.5 Å². The van der Waals surface area contributed by atoms with Gasteiger partial charge in [-0.1, -0.05) is 12.1 Å². The predicted octanol–water partition coefficient (Wildman–Crippen LogP) is 2.13. The van der Waals surface area contributed by atoms with Crippen LogP contribution in [-0.4, -0.2) is 70.1 Å². The zero-order chi connectivity index (χ0) is 37.3. The number of nitrogens with zero attached hydrogens (tertiary/aromatic N) is 7. The van der Waals surface area contributed by atoms with Crippen LogP contribution in [0.25, 0.3) is 10.4 Å². The molecule has 3 heterocycles. The number of halogens is 3. The van der Waals surface area contributed by atoms with Gasteiger partial charge in [-0.25, -0.2) is 23.3 Å². The molecule has 1 aromatic carbocycles. The molecule has 23 nitrogen and oxygen atoms in total. The summed E-state index contributed by atoms with van der Waals surface area (Å²) < 4.78 is 91.8. The van der Waals surface area contributed by atoms with Gasteiger partial charge in [-0.05, 0) is 23.4 Å². The smallest absolute Gasteiger partial charge is 0.390 e. The molecule has 0 saturated carbocycles. The average molecular weight is 776 g/mol. The van der Waals surface area contributed by atoms with Gasteiger partial charge in [0, 0.05) is 30.2 Å². The molecule has 272 valence electrons. The summed E-state index contributed by atoms with van der Waals surface area (Å²) in [6.45, 7) is -1.03. The van der Waals surface area contributed by atoms with Crippen LogP contribution in [0.4, 0.5) is 13.2 Å². The third-order valence-electron chi connectivity index (χ3n) is 6.53. The molecule has 0 aliphatic carbocycles. The van der Waals surface area contributed by atoms with Crippen molar-refractivity contribution in [1.29, 1.82) is 0 Å². The minimum atomic E-state index is -5.82. The van der Waals surface area contributed by atoms with Crippen molar-refractivity contribution in [3.05, 3.63) is 90.7 Å². The Hall–Kier alpha value is -3.86. The molecule has 2 aromatic rings. The minimum Gasteiger partial charge on any atom is -0.390 e. The molecular formula is C21H22F3N8O15P3. The number of ether oxygens (including phenoxy) is 1. The highest BCUT2D eigenvalue weighted by molar-refractivity contribution is 7.66. The van der Waals surface area contributed by atoms with Crippen molar-refractivity contribution in [3.63, 3.8) is 0 Å². The maximum Gasteiger partial charge on any atom is 0.490 e. The summed E-state index contributed by atoms with van der Waals surface area (Å²) in [6, 6.07) is 3.98. The van der Waals surface area contributed by atoms with Crippen LogP contribution in [0.3, 0.4) is 0 Å². The summed E-state index contributed by atoms with van der Waals surface area (Å²) in [4.78, 5) is 78.3. The molecule has 0 radical (unpaired) electrons. The molecule has 2 unspecified atom stereocenters. The van der Waals surface area contributed by atoms with E-state index >= 15 is 0 Å². The number of H-pyrrole nitrogens is 1. The molecule has 0 spiro atoms. The van der Waals surface area contributed by atoms with E-state index in [1.165, 1.54) is 0 Å². The maximum atomic E-state index is 13.2. The van der Waals surface area contributed by atoms with E-state index in [-0.39, 0.29) is 29.5 Å². The number of rotatable bonds is 14. The van der Waals surface area contributed by atoms with Gasteiger partial charge >= 0.3 is 46.9 Å². The van der Waals surface area contributed by atoms with Crippen molar-refractivity contribution in [3.8, 4) is 0 Å². The summed E-state index contributed by atoms with van der Waals surface area (Å²) in [7, 11) is -17.0. The quantitative estimate of drug-likeness (QED) is 0.0526. The lowest BCUT2D eigenvalue weighted by Crippen LogP contribution is -2.34. The first-order valence-electron chi connectivity index (χ1n) is 13.2. The summed E-state index contributed by atoms with van der Waals surface area (Å²) >= 11 is 0. The number of hydrogen-bond acceptors (Lipinski definition) is 14. The molecule has 1 amide bonds. The van der Waals surface area contributed by atoms with E-state index in [4.69, 9.17) is 20.1 Å². The van der Waals surface area contributed by atoms with Crippen molar-refractivity contribution < 1.29 is 74.2 Å².